The summed E-state index contributed by atoms with van der Waals surface area (Å²) in [5.74, 6) is 0. The van der Waals surface area contributed by atoms with Gasteiger partial charge in [-0.05, 0) is 37.4 Å². The zero-order valence-corrected chi connectivity index (χ0v) is 11.8. The Morgan fingerprint density at radius 1 is 0.950 bits per heavy atom. The summed E-state index contributed by atoms with van der Waals surface area (Å²) in [6.45, 7) is 3.08. The van der Waals surface area contributed by atoms with Gasteiger partial charge in [0, 0.05) is 0 Å². The van der Waals surface area contributed by atoms with Crippen molar-refractivity contribution in [2.45, 2.75) is 30.9 Å². The van der Waals surface area contributed by atoms with Gasteiger partial charge in [-0.25, -0.2) is 0 Å². The third-order valence-electron chi connectivity index (χ3n) is 4.55. The van der Waals surface area contributed by atoms with Gasteiger partial charge in [-0.2, -0.15) is 0 Å². The van der Waals surface area contributed by atoms with Crippen LogP contribution in [0.3, 0.4) is 0 Å². The van der Waals surface area contributed by atoms with Crippen molar-refractivity contribution in [3.05, 3.63) is 71.8 Å². The van der Waals surface area contributed by atoms with Crippen LogP contribution in [0.4, 0.5) is 0 Å². The smallest absolute Gasteiger partial charge is 0.132 e. The summed E-state index contributed by atoms with van der Waals surface area (Å²) in [5.41, 5.74) is 0.549. The molecule has 0 amide bonds. The molecule has 1 aliphatic heterocycles. The summed E-state index contributed by atoms with van der Waals surface area (Å²) in [4.78, 5) is 0. The Kier molecular flexibility index (Phi) is 3.36. The highest BCUT2D eigenvalue weighted by Crippen LogP contribution is 2.43. The minimum Gasteiger partial charge on any atom is -0.378 e. The van der Waals surface area contributed by atoms with Gasteiger partial charge < -0.3 is 10.4 Å². The molecular weight excluding hydrogens is 246 g/mol. The second-order valence-electron chi connectivity index (χ2n) is 5.80. The van der Waals surface area contributed by atoms with Crippen LogP contribution in [-0.4, -0.2) is 17.2 Å². The molecule has 0 unspecified atom stereocenters. The maximum absolute atomic E-state index is 11.7. The molecule has 20 heavy (non-hydrogen) atoms. The van der Waals surface area contributed by atoms with E-state index in [1.54, 1.807) is 0 Å². The van der Waals surface area contributed by atoms with Gasteiger partial charge in [0.05, 0.1) is 5.54 Å². The summed E-state index contributed by atoms with van der Waals surface area (Å²) < 4.78 is 0. The standard InChI is InChI=1S/C18H21NO/c1-17(13-8-14-19-17)18(20,15-9-4-2-5-10-15)16-11-6-3-7-12-16/h2-7,9-12,19-20H,8,13-14H2,1H3/t17-/m0/s1. The lowest BCUT2D eigenvalue weighted by molar-refractivity contribution is -0.00575. The molecule has 2 aromatic carbocycles. The molecule has 0 radical (unpaired) electrons. The topological polar surface area (TPSA) is 32.3 Å². The van der Waals surface area contributed by atoms with Crippen LogP contribution in [0, 0.1) is 0 Å². The SMILES string of the molecule is C[C@@]1(C(O)(c2ccccc2)c2ccccc2)CCCN1. The zero-order chi connectivity index (χ0) is 14.1. The molecule has 0 aromatic heterocycles. The molecule has 1 saturated heterocycles. The first-order chi connectivity index (χ1) is 9.67. The first-order valence-electron chi connectivity index (χ1n) is 7.25. The van der Waals surface area contributed by atoms with Crippen LogP contribution in [0.25, 0.3) is 0 Å². The maximum Gasteiger partial charge on any atom is 0.132 e. The molecule has 1 atom stereocenters. The number of rotatable bonds is 3. The molecule has 0 spiro atoms. The van der Waals surface area contributed by atoms with E-state index >= 15 is 0 Å². The van der Waals surface area contributed by atoms with Crippen molar-refractivity contribution < 1.29 is 5.11 Å². The van der Waals surface area contributed by atoms with Crippen molar-refractivity contribution in [3.8, 4) is 0 Å². The Labute approximate surface area is 120 Å². The number of benzene rings is 2. The first kappa shape index (κ1) is 13.3. The highest BCUT2D eigenvalue weighted by atomic mass is 16.3. The normalized spacial score (nSPS) is 22.9. The first-order valence-corrected chi connectivity index (χ1v) is 7.25. The molecule has 1 aliphatic rings. The van der Waals surface area contributed by atoms with E-state index < -0.39 is 5.60 Å². The van der Waals surface area contributed by atoms with E-state index in [-0.39, 0.29) is 5.54 Å². The second-order valence-corrected chi connectivity index (χ2v) is 5.80. The Bertz CT molecular complexity index is 519. The van der Waals surface area contributed by atoms with Crippen molar-refractivity contribution in [1.82, 2.24) is 5.32 Å². The van der Waals surface area contributed by atoms with Gasteiger partial charge in [-0.1, -0.05) is 60.7 Å². The molecule has 2 N–H and O–H groups in total. The van der Waals surface area contributed by atoms with Crippen LogP contribution < -0.4 is 5.32 Å². The quantitative estimate of drug-likeness (QED) is 0.896. The average molecular weight is 267 g/mol. The van der Waals surface area contributed by atoms with E-state index in [9.17, 15) is 5.11 Å². The average Bonchev–Trinajstić information content (AvgIpc) is 2.96. The fraction of sp³-hybridized carbons (Fsp3) is 0.333. The summed E-state index contributed by atoms with van der Waals surface area (Å²) in [6.07, 6.45) is 2.06. The molecule has 3 rings (SSSR count). The van der Waals surface area contributed by atoms with Crippen LogP contribution >= 0.6 is 0 Å². The highest BCUT2D eigenvalue weighted by molar-refractivity contribution is 5.40. The zero-order valence-electron chi connectivity index (χ0n) is 11.8. The largest absolute Gasteiger partial charge is 0.378 e. The van der Waals surface area contributed by atoms with Gasteiger partial charge in [-0.3, -0.25) is 0 Å². The van der Waals surface area contributed by atoms with E-state index in [4.69, 9.17) is 0 Å². The van der Waals surface area contributed by atoms with Gasteiger partial charge >= 0.3 is 0 Å². The lowest BCUT2D eigenvalue weighted by Gasteiger charge is -2.44. The van der Waals surface area contributed by atoms with E-state index in [0.29, 0.717) is 0 Å². The summed E-state index contributed by atoms with van der Waals surface area (Å²) in [7, 11) is 0. The van der Waals surface area contributed by atoms with Crippen LogP contribution in [-0.2, 0) is 5.60 Å². The molecule has 0 saturated carbocycles. The Morgan fingerprint density at radius 3 is 1.85 bits per heavy atom. The minimum atomic E-state index is -1.01. The van der Waals surface area contributed by atoms with Crippen LogP contribution in [0.1, 0.15) is 30.9 Å². The number of hydrogen-bond acceptors (Lipinski definition) is 2. The molecule has 0 aliphatic carbocycles. The van der Waals surface area contributed by atoms with Crippen molar-refractivity contribution in [2.24, 2.45) is 0 Å². The highest BCUT2D eigenvalue weighted by Gasteiger charge is 2.50. The Hall–Kier alpha value is -1.64. The van der Waals surface area contributed by atoms with E-state index in [0.717, 1.165) is 30.5 Å². The fourth-order valence-electron chi connectivity index (χ4n) is 3.37. The summed E-state index contributed by atoms with van der Waals surface area (Å²) >= 11 is 0. The van der Waals surface area contributed by atoms with Crippen LogP contribution in [0.15, 0.2) is 60.7 Å². The third kappa shape index (κ3) is 1.96. The Morgan fingerprint density at radius 2 is 1.45 bits per heavy atom. The molecule has 2 heteroatoms. The minimum absolute atomic E-state index is 0.338. The number of nitrogens with one attached hydrogen (secondary N) is 1. The fourth-order valence-corrected chi connectivity index (χ4v) is 3.37. The number of hydrogen-bond donors (Lipinski definition) is 2. The molecule has 2 nitrogen and oxygen atoms in total. The van der Waals surface area contributed by atoms with Crippen LogP contribution in [0.5, 0.6) is 0 Å². The molecule has 2 aromatic rings. The molecule has 1 heterocycles. The molecule has 104 valence electrons. The maximum atomic E-state index is 11.7. The molecule has 0 bridgehead atoms. The van der Waals surface area contributed by atoms with Gasteiger partial charge in [0.15, 0.2) is 0 Å². The van der Waals surface area contributed by atoms with Gasteiger partial charge in [0.1, 0.15) is 5.60 Å². The predicted molar refractivity (Wildman–Crippen MR) is 81.5 cm³/mol. The molecular formula is C18H21NO. The summed E-state index contributed by atoms with van der Waals surface area (Å²) in [6, 6.07) is 20.0. The monoisotopic (exact) mass is 267 g/mol. The van der Waals surface area contributed by atoms with Crippen molar-refractivity contribution in [1.29, 1.82) is 0 Å². The number of aliphatic hydroxyl groups is 1. The summed E-state index contributed by atoms with van der Waals surface area (Å²) in [5, 5.41) is 15.2. The lowest BCUT2D eigenvalue weighted by Crippen LogP contribution is -2.56. The predicted octanol–water partition coefficient (Wildman–Crippen LogP) is 3.06. The van der Waals surface area contributed by atoms with E-state index in [1.165, 1.54) is 0 Å². The van der Waals surface area contributed by atoms with Gasteiger partial charge in [-0.15, -0.1) is 0 Å². The lowest BCUT2D eigenvalue weighted by atomic mass is 9.71. The second kappa shape index (κ2) is 5.04. The van der Waals surface area contributed by atoms with E-state index in [2.05, 4.69) is 12.2 Å². The van der Waals surface area contributed by atoms with Crippen molar-refractivity contribution >= 4 is 0 Å². The van der Waals surface area contributed by atoms with Gasteiger partial charge in [0.2, 0.25) is 0 Å². The van der Waals surface area contributed by atoms with Gasteiger partial charge in [0.25, 0.3) is 0 Å². The van der Waals surface area contributed by atoms with Crippen molar-refractivity contribution in [2.75, 3.05) is 6.54 Å². The van der Waals surface area contributed by atoms with E-state index in [1.807, 2.05) is 60.7 Å². The molecule has 1 fully saturated rings. The van der Waals surface area contributed by atoms with Crippen molar-refractivity contribution in [3.63, 3.8) is 0 Å². The Balaban J connectivity index is 2.18. The third-order valence-corrected chi connectivity index (χ3v) is 4.55. The van der Waals surface area contributed by atoms with Crippen LogP contribution in [0.2, 0.25) is 0 Å².